The molecule has 2 atom stereocenters. The van der Waals surface area contributed by atoms with E-state index in [4.69, 9.17) is 0 Å². The second-order valence-electron chi connectivity index (χ2n) is 5.74. The smallest absolute Gasteiger partial charge is 0.308 e. The van der Waals surface area contributed by atoms with Crippen molar-refractivity contribution in [3.63, 3.8) is 0 Å². The fourth-order valence-electron chi connectivity index (χ4n) is 3.13. The van der Waals surface area contributed by atoms with Crippen molar-refractivity contribution in [3.05, 3.63) is 42.1 Å². The van der Waals surface area contributed by atoms with Crippen molar-refractivity contribution in [2.24, 2.45) is 5.92 Å². The zero-order valence-corrected chi connectivity index (χ0v) is 12.4. The number of carboxylic acids is 1. The number of benzene rings is 1. The van der Waals surface area contributed by atoms with Crippen molar-refractivity contribution in [2.75, 3.05) is 6.54 Å². The lowest BCUT2D eigenvalue weighted by atomic mass is 9.90. The van der Waals surface area contributed by atoms with Crippen LogP contribution in [0.2, 0.25) is 0 Å². The van der Waals surface area contributed by atoms with Crippen molar-refractivity contribution in [3.8, 4) is 0 Å². The number of carbonyl (C=O) groups is 2. The van der Waals surface area contributed by atoms with E-state index in [1.54, 1.807) is 17.2 Å². The first kappa shape index (κ1) is 14.5. The number of likely N-dealkylation sites (tertiary alicyclic amines) is 1. The van der Waals surface area contributed by atoms with Crippen molar-refractivity contribution < 1.29 is 14.7 Å². The maximum absolute atomic E-state index is 12.7. The fourth-order valence-corrected chi connectivity index (χ4v) is 3.13. The number of nitrogens with zero attached hydrogens (tertiary/aromatic N) is 2. The Kier molecular flexibility index (Phi) is 3.79. The zero-order chi connectivity index (χ0) is 15.7. The van der Waals surface area contributed by atoms with E-state index in [0.29, 0.717) is 18.5 Å². The number of amides is 1. The summed E-state index contributed by atoms with van der Waals surface area (Å²) >= 11 is 0. The van der Waals surface area contributed by atoms with Crippen LogP contribution in [0.1, 0.15) is 30.1 Å². The zero-order valence-electron chi connectivity index (χ0n) is 12.4. The van der Waals surface area contributed by atoms with Crippen LogP contribution in [0.15, 0.2) is 36.5 Å². The van der Waals surface area contributed by atoms with Gasteiger partial charge in [-0.25, -0.2) is 0 Å². The molecular weight excluding hydrogens is 280 g/mol. The highest BCUT2D eigenvalue weighted by Crippen LogP contribution is 2.26. The van der Waals surface area contributed by atoms with E-state index in [1.165, 1.54) is 0 Å². The lowest BCUT2D eigenvalue weighted by molar-refractivity contribution is -0.144. The minimum absolute atomic E-state index is 0.107. The number of aliphatic carboxylic acids is 1. The number of piperidine rings is 1. The highest BCUT2D eigenvalue weighted by atomic mass is 16.4. The molecule has 1 saturated heterocycles. The van der Waals surface area contributed by atoms with Gasteiger partial charge in [0.25, 0.3) is 5.91 Å². The molecule has 1 N–H and O–H groups in total. The van der Waals surface area contributed by atoms with Crippen LogP contribution in [-0.4, -0.2) is 39.5 Å². The molecule has 1 aromatic carbocycles. The minimum Gasteiger partial charge on any atom is -0.481 e. The van der Waals surface area contributed by atoms with E-state index in [1.807, 2.05) is 31.2 Å². The van der Waals surface area contributed by atoms with Crippen LogP contribution in [-0.2, 0) is 4.79 Å². The molecule has 3 rings (SSSR count). The summed E-state index contributed by atoms with van der Waals surface area (Å²) in [7, 11) is 0. The number of rotatable bonds is 2. The molecular formula is C17H18N2O3. The minimum atomic E-state index is -0.826. The Hall–Kier alpha value is -2.43. The molecule has 1 amide bonds. The lowest BCUT2D eigenvalue weighted by Crippen LogP contribution is -2.49. The van der Waals surface area contributed by atoms with Crippen LogP contribution >= 0.6 is 0 Å². The average Bonchev–Trinajstić information content (AvgIpc) is 2.53. The Morgan fingerprint density at radius 1 is 1.32 bits per heavy atom. The summed E-state index contributed by atoms with van der Waals surface area (Å²) in [6, 6.07) is 8.87. The molecule has 2 heterocycles. The van der Waals surface area contributed by atoms with E-state index >= 15 is 0 Å². The quantitative estimate of drug-likeness (QED) is 0.925. The van der Waals surface area contributed by atoms with Crippen molar-refractivity contribution in [1.82, 2.24) is 9.88 Å². The van der Waals surface area contributed by atoms with Crippen molar-refractivity contribution >= 4 is 22.8 Å². The van der Waals surface area contributed by atoms with E-state index in [2.05, 4.69) is 4.98 Å². The molecule has 0 bridgehead atoms. The summed E-state index contributed by atoms with van der Waals surface area (Å²) in [4.78, 5) is 30.0. The Balaban J connectivity index is 1.89. The molecule has 1 fully saturated rings. The van der Waals surface area contributed by atoms with Gasteiger partial charge in [0, 0.05) is 29.7 Å². The first-order valence-corrected chi connectivity index (χ1v) is 7.46. The Labute approximate surface area is 128 Å². The molecule has 1 aliphatic rings. The third-order valence-electron chi connectivity index (χ3n) is 4.42. The number of hydrogen-bond acceptors (Lipinski definition) is 3. The molecule has 114 valence electrons. The monoisotopic (exact) mass is 298 g/mol. The van der Waals surface area contributed by atoms with Gasteiger partial charge in [0.05, 0.1) is 11.4 Å². The molecule has 0 unspecified atom stereocenters. The topological polar surface area (TPSA) is 70.5 Å². The number of hydrogen-bond donors (Lipinski definition) is 1. The summed E-state index contributed by atoms with van der Waals surface area (Å²) in [5.41, 5.74) is 1.42. The average molecular weight is 298 g/mol. The summed E-state index contributed by atoms with van der Waals surface area (Å²) in [5, 5.41) is 10.2. The number of aromatic nitrogens is 1. The first-order valence-electron chi connectivity index (χ1n) is 7.46. The second kappa shape index (κ2) is 5.75. The summed E-state index contributed by atoms with van der Waals surface area (Å²) in [6.07, 6.45) is 3.07. The van der Waals surface area contributed by atoms with Crippen LogP contribution in [0.4, 0.5) is 0 Å². The van der Waals surface area contributed by atoms with Crippen molar-refractivity contribution in [2.45, 2.75) is 25.8 Å². The van der Waals surface area contributed by atoms with E-state index < -0.39 is 11.9 Å². The summed E-state index contributed by atoms with van der Waals surface area (Å²) in [5.74, 6) is -1.42. The highest BCUT2D eigenvalue weighted by Gasteiger charge is 2.35. The Morgan fingerprint density at radius 3 is 2.91 bits per heavy atom. The molecule has 5 nitrogen and oxygen atoms in total. The van der Waals surface area contributed by atoms with Crippen LogP contribution in [0, 0.1) is 5.92 Å². The molecule has 0 aliphatic carbocycles. The third kappa shape index (κ3) is 2.54. The Morgan fingerprint density at radius 2 is 2.14 bits per heavy atom. The van der Waals surface area contributed by atoms with E-state index in [-0.39, 0.29) is 11.9 Å². The van der Waals surface area contributed by atoms with Crippen LogP contribution in [0.25, 0.3) is 10.9 Å². The third-order valence-corrected chi connectivity index (χ3v) is 4.42. The van der Waals surface area contributed by atoms with Gasteiger partial charge >= 0.3 is 5.97 Å². The van der Waals surface area contributed by atoms with Crippen LogP contribution < -0.4 is 0 Å². The van der Waals surface area contributed by atoms with Gasteiger partial charge in [-0.15, -0.1) is 0 Å². The standard InChI is InChI=1S/C17H18N2O3/c1-11-14(17(21)22)5-3-9-19(11)16(20)13-6-7-15-12(10-13)4-2-8-18-15/h2,4,6-8,10-11,14H,3,5,9H2,1H3,(H,21,22)/t11-,14-/m1/s1. The normalized spacial score (nSPS) is 21.8. The first-order chi connectivity index (χ1) is 10.6. The van der Waals surface area contributed by atoms with Crippen LogP contribution in [0.5, 0.6) is 0 Å². The van der Waals surface area contributed by atoms with E-state index in [0.717, 1.165) is 17.3 Å². The maximum Gasteiger partial charge on any atom is 0.308 e. The largest absolute Gasteiger partial charge is 0.481 e. The molecule has 1 aliphatic heterocycles. The molecule has 2 aromatic rings. The highest BCUT2D eigenvalue weighted by molar-refractivity contribution is 5.98. The van der Waals surface area contributed by atoms with Gasteiger partial charge < -0.3 is 10.0 Å². The van der Waals surface area contributed by atoms with Crippen LogP contribution in [0.3, 0.4) is 0 Å². The van der Waals surface area contributed by atoms with Gasteiger partial charge in [-0.2, -0.15) is 0 Å². The van der Waals surface area contributed by atoms with Gasteiger partial charge in [0.15, 0.2) is 0 Å². The number of pyridine rings is 1. The molecule has 1 aromatic heterocycles. The van der Waals surface area contributed by atoms with Gasteiger partial charge in [0.2, 0.25) is 0 Å². The summed E-state index contributed by atoms with van der Waals surface area (Å²) in [6.45, 7) is 2.42. The maximum atomic E-state index is 12.7. The van der Waals surface area contributed by atoms with Gasteiger partial charge in [-0.1, -0.05) is 6.07 Å². The number of carboxylic acid groups (broad SMARTS) is 1. The number of carbonyl (C=O) groups excluding carboxylic acids is 1. The predicted molar refractivity (Wildman–Crippen MR) is 82.6 cm³/mol. The number of fused-ring (bicyclic) bond motifs is 1. The van der Waals surface area contributed by atoms with Gasteiger partial charge in [-0.3, -0.25) is 14.6 Å². The van der Waals surface area contributed by atoms with Gasteiger partial charge in [-0.05, 0) is 44.0 Å². The van der Waals surface area contributed by atoms with Crippen molar-refractivity contribution in [1.29, 1.82) is 0 Å². The SMILES string of the molecule is C[C@@H]1[C@H](C(=O)O)CCCN1C(=O)c1ccc2ncccc2c1. The molecule has 0 radical (unpaired) electrons. The fraction of sp³-hybridized carbons (Fsp3) is 0.353. The summed E-state index contributed by atoms with van der Waals surface area (Å²) < 4.78 is 0. The van der Waals surface area contributed by atoms with Gasteiger partial charge in [0.1, 0.15) is 0 Å². The second-order valence-corrected chi connectivity index (χ2v) is 5.74. The molecule has 0 spiro atoms. The molecule has 0 saturated carbocycles. The lowest BCUT2D eigenvalue weighted by Gasteiger charge is -2.37. The van der Waals surface area contributed by atoms with E-state index in [9.17, 15) is 14.7 Å². The predicted octanol–water partition coefficient (Wildman–Crippen LogP) is 2.56. The Bertz CT molecular complexity index is 729. The molecule has 22 heavy (non-hydrogen) atoms. The molecule has 5 heteroatoms.